The van der Waals surface area contributed by atoms with Crippen molar-refractivity contribution in [1.82, 2.24) is 9.97 Å². The topological polar surface area (TPSA) is 40.7 Å². The number of hydrogen-bond acceptors (Lipinski definition) is 3. The van der Waals surface area contributed by atoms with Gasteiger partial charge in [0.1, 0.15) is 0 Å². The number of aromatic nitrogens is 2. The van der Waals surface area contributed by atoms with Crippen LogP contribution in [-0.4, -0.2) is 16.0 Å². The highest BCUT2D eigenvalue weighted by atomic mass is 35.5. The van der Waals surface area contributed by atoms with Gasteiger partial charge in [0, 0.05) is 38.6 Å². The first-order valence-corrected chi connectivity index (χ1v) is 9.47. The molecule has 0 spiro atoms. The van der Waals surface area contributed by atoms with Crippen LogP contribution in [0.3, 0.4) is 0 Å². The number of H-pyrrole nitrogens is 1. The third kappa shape index (κ3) is 2.98. The first-order valence-electron chi connectivity index (χ1n) is 8.21. The number of benzene rings is 1. The lowest BCUT2D eigenvalue weighted by Crippen LogP contribution is -2.21. The number of nitrogens with one attached hydrogen (secondary N) is 2. The molecule has 1 saturated carbocycles. The van der Waals surface area contributed by atoms with Crippen molar-refractivity contribution in [3.8, 4) is 11.3 Å². The van der Waals surface area contributed by atoms with E-state index in [2.05, 4.69) is 22.6 Å². The van der Waals surface area contributed by atoms with E-state index in [4.69, 9.17) is 16.6 Å². The van der Waals surface area contributed by atoms with Gasteiger partial charge in [0.15, 0.2) is 5.13 Å². The van der Waals surface area contributed by atoms with Gasteiger partial charge in [-0.3, -0.25) is 0 Å². The van der Waals surface area contributed by atoms with Crippen LogP contribution in [0, 0.1) is 6.92 Å². The number of thiazole rings is 1. The number of hydrogen-bond donors (Lipinski definition) is 2. The number of halogens is 1. The summed E-state index contributed by atoms with van der Waals surface area (Å²) >= 11 is 7.87. The Hall–Kier alpha value is -1.52. The summed E-state index contributed by atoms with van der Waals surface area (Å²) in [4.78, 5) is 8.26. The standard InChI is InChI=1S/C18H20ClN3S/c1-11-17(14-9-12(19)7-8-15(14)20-11)16-10-23-18(22-16)21-13-5-3-2-4-6-13/h7-10,13,20H,2-6H2,1H3,(H,21,22). The molecule has 3 nitrogen and oxygen atoms in total. The third-order valence-electron chi connectivity index (χ3n) is 4.64. The average Bonchev–Trinajstić information content (AvgIpc) is 3.11. The Morgan fingerprint density at radius 2 is 2.09 bits per heavy atom. The van der Waals surface area contributed by atoms with E-state index >= 15 is 0 Å². The molecular weight excluding hydrogens is 326 g/mol. The monoisotopic (exact) mass is 345 g/mol. The van der Waals surface area contributed by atoms with Crippen LogP contribution in [0.4, 0.5) is 5.13 Å². The van der Waals surface area contributed by atoms with E-state index < -0.39 is 0 Å². The van der Waals surface area contributed by atoms with Gasteiger partial charge in [0.2, 0.25) is 0 Å². The van der Waals surface area contributed by atoms with Crippen LogP contribution in [0.25, 0.3) is 22.2 Å². The molecule has 2 heterocycles. The maximum atomic E-state index is 6.18. The molecule has 4 rings (SSSR count). The average molecular weight is 346 g/mol. The molecule has 0 unspecified atom stereocenters. The Morgan fingerprint density at radius 3 is 2.91 bits per heavy atom. The first-order chi connectivity index (χ1) is 11.2. The zero-order chi connectivity index (χ0) is 15.8. The fraction of sp³-hybridized carbons (Fsp3) is 0.389. The zero-order valence-electron chi connectivity index (χ0n) is 13.2. The Labute approximate surface area is 145 Å². The second-order valence-electron chi connectivity index (χ2n) is 6.33. The highest BCUT2D eigenvalue weighted by Gasteiger charge is 2.17. The largest absolute Gasteiger partial charge is 0.359 e. The number of aromatic amines is 1. The van der Waals surface area contributed by atoms with Crippen molar-refractivity contribution in [2.75, 3.05) is 5.32 Å². The third-order valence-corrected chi connectivity index (χ3v) is 5.65. The summed E-state index contributed by atoms with van der Waals surface area (Å²) in [7, 11) is 0. The second kappa shape index (κ2) is 6.17. The summed E-state index contributed by atoms with van der Waals surface area (Å²) in [5.74, 6) is 0. The Balaban J connectivity index is 1.66. The van der Waals surface area contributed by atoms with Crippen molar-refractivity contribution in [2.45, 2.75) is 45.1 Å². The van der Waals surface area contributed by atoms with Gasteiger partial charge in [0.25, 0.3) is 0 Å². The summed E-state index contributed by atoms with van der Waals surface area (Å²) in [5, 5.41) is 8.69. The summed E-state index contributed by atoms with van der Waals surface area (Å²) in [5.41, 5.74) is 4.43. The molecule has 1 fully saturated rings. The number of anilines is 1. The minimum absolute atomic E-state index is 0.585. The van der Waals surface area contributed by atoms with Crippen molar-refractivity contribution in [3.63, 3.8) is 0 Å². The second-order valence-corrected chi connectivity index (χ2v) is 7.63. The lowest BCUT2D eigenvalue weighted by molar-refractivity contribution is 0.462. The van der Waals surface area contributed by atoms with Crippen LogP contribution in [0.15, 0.2) is 23.6 Å². The number of rotatable bonds is 3. The van der Waals surface area contributed by atoms with E-state index in [1.807, 2.05) is 18.2 Å². The fourth-order valence-corrected chi connectivity index (χ4v) is 4.46. The van der Waals surface area contributed by atoms with Crippen molar-refractivity contribution in [2.24, 2.45) is 0 Å². The van der Waals surface area contributed by atoms with Gasteiger partial charge in [-0.05, 0) is 38.0 Å². The molecule has 120 valence electrons. The molecule has 23 heavy (non-hydrogen) atoms. The molecule has 0 aliphatic heterocycles. The Kier molecular flexibility index (Phi) is 4.04. The van der Waals surface area contributed by atoms with Gasteiger partial charge < -0.3 is 10.3 Å². The molecule has 0 radical (unpaired) electrons. The molecule has 3 aromatic rings. The predicted octanol–water partition coefficient (Wildman–Crippen LogP) is 6.00. The van der Waals surface area contributed by atoms with E-state index in [0.29, 0.717) is 6.04 Å². The molecular formula is C18H20ClN3S. The van der Waals surface area contributed by atoms with Crippen LogP contribution in [-0.2, 0) is 0 Å². The van der Waals surface area contributed by atoms with Crippen LogP contribution in [0.1, 0.15) is 37.8 Å². The Bertz CT molecular complexity index is 830. The summed E-state index contributed by atoms with van der Waals surface area (Å²) in [6.07, 6.45) is 6.55. The molecule has 5 heteroatoms. The molecule has 1 aliphatic rings. The maximum absolute atomic E-state index is 6.18. The first kappa shape index (κ1) is 15.0. The van der Waals surface area contributed by atoms with Crippen molar-refractivity contribution < 1.29 is 0 Å². The summed E-state index contributed by atoms with van der Waals surface area (Å²) in [6.45, 7) is 2.09. The highest BCUT2D eigenvalue weighted by Crippen LogP contribution is 2.35. The zero-order valence-corrected chi connectivity index (χ0v) is 14.7. The lowest BCUT2D eigenvalue weighted by atomic mass is 9.96. The minimum atomic E-state index is 0.585. The van der Waals surface area contributed by atoms with Crippen molar-refractivity contribution in [3.05, 3.63) is 34.3 Å². The van der Waals surface area contributed by atoms with Gasteiger partial charge in [-0.25, -0.2) is 4.98 Å². The predicted molar refractivity (Wildman–Crippen MR) is 99.6 cm³/mol. The normalized spacial score (nSPS) is 16.1. The summed E-state index contributed by atoms with van der Waals surface area (Å²) in [6, 6.07) is 6.55. The lowest BCUT2D eigenvalue weighted by Gasteiger charge is -2.22. The molecule has 0 amide bonds. The van der Waals surface area contributed by atoms with Gasteiger partial charge in [-0.2, -0.15) is 0 Å². The quantitative estimate of drug-likeness (QED) is 0.611. The van der Waals surface area contributed by atoms with Crippen LogP contribution in [0.2, 0.25) is 5.02 Å². The van der Waals surface area contributed by atoms with E-state index in [0.717, 1.165) is 38.0 Å². The van der Waals surface area contributed by atoms with Crippen LogP contribution >= 0.6 is 22.9 Å². The molecule has 2 aromatic heterocycles. The van der Waals surface area contributed by atoms with Crippen LogP contribution in [0.5, 0.6) is 0 Å². The Morgan fingerprint density at radius 1 is 1.26 bits per heavy atom. The number of aryl methyl sites for hydroxylation is 1. The van der Waals surface area contributed by atoms with E-state index in [-0.39, 0.29) is 0 Å². The SMILES string of the molecule is Cc1[nH]c2ccc(Cl)cc2c1-c1csc(NC2CCCCC2)n1. The van der Waals surface area contributed by atoms with Crippen molar-refractivity contribution >= 4 is 39.0 Å². The summed E-state index contributed by atoms with van der Waals surface area (Å²) < 4.78 is 0. The highest BCUT2D eigenvalue weighted by molar-refractivity contribution is 7.14. The molecule has 1 aliphatic carbocycles. The molecule has 2 N–H and O–H groups in total. The molecule has 0 bridgehead atoms. The molecule has 1 aromatic carbocycles. The van der Waals surface area contributed by atoms with Crippen molar-refractivity contribution in [1.29, 1.82) is 0 Å². The van der Waals surface area contributed by atoms with E-state index in [1.54, 1.807) is 11.3 Å². The van der Waals surface area contributed by atoms with Crippen LogP contribution < -0.4 is 5.32 Å². The van der Waals surface area contributed by atoms with Gasteiger partial charge in [0.05, 0.1) is 5.69 Å². The number of fused-ring (bicyclic) bond motifs is 1. The smallest absolute Gasteiger partial charge is 0.183 e. The molecule has 0 saturated heterocycles. The van der Waals surface area contributed by atoms with Gasteiger partial charge >= 0.3 is 0 Å². The molecule has 0 atom stereocenters. The van der Waals surface area contributed by atoms with E-state index in [9.17, 15) is 0 Å². The maximum Gasteiger partial charge on any atom is 0.183 e. The van der Waals surface area contributed by atoms with Gasteiger partial charge in [-0.15, -0.1) is 11.3 Å². The minimum Gasteiger partial charge on any atom is -0.359 e. The number of nitrogens with zero attached hydrogens (tertiary/aromatic N) is 1. The van der Waals surface area contributed by atoms with Gasteiger partial charge in [-0.1, -0.05) is 30.9 Å². The fourth-order valence-electron chi connectivity index (χ4n) is 3.51. The van der Waals surface area contributed by atoms with E-state index in [1.165, 1.54) is 32.1 Å².